The normalized spacial score (nSPS) is 18.4. The Morgan fingerprint density at radius 1 is 1.44 bits per heavy atom. The van der Waals surface area contributed by atoms with Crippen LogP contribution in [0.1, 0.15) is 24.8 Å². The first-order valence-corrected chi connectivity index (χ1v) is 7.29. The van der Waals surface area contributed by atoms with Crippen LogP contribution >= 0.6 is 0 Å². The van der Waals surface area contributed by atoms with Gasteiger partial charge in [-0.3, -0.25) is 0 Å². The van der Waals surface area contributed by atoms with Crippen molar-refractivity contribution in [3.8, 4) is 0 Å². The van der Waals surface area contributed by atoms with Crippen molar-refractivity contribution in [3.63, 3.8) is 0 Å². The lowest BCUT2D eigenvalue weighted by Gasteiger charge is -2.36. The molecule has 0 aromatic heterocycles. The second-order valence-corrected chi connectivity index (χ2v) is 6.55. The highest BCUT2D eigenvalue weighted by Gasteiger charge is 2.35. The molecule has 1 fully saturated rings. The minimum Gasteiger partial charge on any atom is -0.389 e. The molecule has 0 bridgehead atoms. The van der Waals surface area contributed by atoms with E-state index < -0.39 is 21.4 Å². The quantitative estimate of drug-likeness (QED) is 0.869. The zero-order chi connectivity index (χ0) is 13.4. The SMILES string of the molecule is Cc1cc(F)ccc1S(=O)(=O)NCC1(O)CCC1. The summed E-state index contributed by atoms with van der Waals surface area (Å²) in [6.07, 6.45) is 2.13. The Morgan fingerprint density at radius 2 is 2.11 bits per heavy atom. The molecule has 1 saturated carbocycles. The van der Waals surface area contributed by atoms with Crippen LogP contribution < -0.4 is 4.72 Å². The number of rotatable bonds is 4. The molecule has 0 radical (unpaired) electrons. The van der Waals surface area contributed by atoms with Gasteiger partial charge in [0.15, 0.2) is 0 Å². The van der Waals surface area contributed by atoms with E-state index in [1.165, 1.54) is 19.1 Å². The third kappa shape index (κ3) is 2.71. The fourth-order valence-electron chi connectivity index (χ4n) is 1.98. The highest BCUT2D eigenvalue weighted by molar-refractivity contribution is 7.89. The van der Waals surface area contributed by atoms with Crippen LogP contribution in [0.15, 0.2) is 23.1 Å². The molecule has 6 heteroatoms. The molecule has 1 aliphatic carbocycles. The third-order valence-electron chi connectivity index (χ3n) is 3.30. The summed E-state index contributed by atoms with van der Waals surface area (Å²) in [5, 5.41) is 9.85. The monoisotopic (exact) mass is 273 g/mol. The number of halogens is 1. The first-order valence-electron chi connectivity index (χ1n) is 5.81. The smallest absolute Gasteiger partial charge is 0.240 e. The number of hydrogen-bond acceptors (Lipinski definition) is 3. The Balaban J connectivity index is 2.15. The summed E-state index contributed by atoms with van der Waals surface area (Å²) in [6.45, 7) is 1.54. The van der Waals surface area contributed by atoms with E-state index >= 15 is 0 Å². The van der Waals surface area contributed by atoms with Gasteiger partial charge in [-0.25, -0.2) is 17.5 Å². The predicted octanol–water partition coefficient (Wildman–Crippen LogP) is 1.33. The lowest BCUT2D eigenvalue weighted by atomic mass is 9.81. The number of aliphatic hydroxyl groups is 1. The maximum Gasteiger partial charge on any atom is 0.240 e. The molecule has 100 valence electrons. The highest BCUT2D eigenvalue weighted by atomic mass is 32.2. The molecule has 1 aliphatic rings. The minimum absolute atomic E-state index is 0.00610. The van der Waals surface area contributed by atoms with Gasteiger partial charge in [-0.05, 0) is 49.9 Å². The molecule has 0 saturated heterocycles. The van der Waals surface area contributed by atoms with Gasteiger partial charge >= 0.3 is 0 Å². The molecule has 18 heavy (non-hydrogen) atoms. The number of hydrogen-bond donors (Lipinski definition) is 2. The molecule has 1 aromatic rings. The fourth-order valence-corrected chi connectivity index (χ4v) is 3.33. The average Bonchev–Trinajstić information content (AvgIpc) is 2.23. The zero-order valence-electron chi connectivity index (χ0n) is 10.1. The number of aryl methyl sites for hydroxylation is 1. The minimum atomic E-state index is -3.69. The Kier molecular flexibility index (Phi) is 3.44. The average molecular weight is 273 g/mol. The number of benzene rings is 1. The van der Waals surface area contributed by atoms with E-state index in [2.05, 4.69) is 4.72 Å². The van der Waals surface area contributed by atoms with E-state index in [1.807, 2.05) is 0 Å². The lowest BCUT2D eigenvalue weighted by molar-refractivity contribution is -0.0270. The van der Waals surface area contributed by atoms with Gasteiger partial charge in [-0.1, -0.05) is 0 Å². The summed E-state index contributed by atoms with van der Waals surface area (Å²) in [5.41, 5.74) is -0.566. The van der Waals surface area contributed by atoms with E-state index in [0.717, 1.165) is 12.5 Å². The van der Waals surface area contributed by atoms with Crippen LogP contribution in [0.2, 0.25) is 0 Å². The van der Waals surface area contributed by atoms with Crippen LogP contribution in [0.5, 0.6) is 0 Å². The second-order valence-electron chi connectivity index (χ2n) is 4.81. The molecule has 0 unspecified atom stereocenters. The molecular weight excluding hydrogens is 257 g/mol. The van der Waals surface area contributed by atoms with Crippen LogP contribution in [0.4, 0.5) is 4.39 Å². The van der Waals surface area contributed by atoms with Crippen molar-refractivity contribution in [2.45, 2.75) is 36.7 Å². The van der Waals surface area contributed by atoms with Crippen LogP contribution in [-0.2, 0) is 10.0 Å². The van der Waals surface area contributed by atoms with Gasteiger partial charge in [0, 0.05) is 6.54 Å². The van der Waals surface area contributed by atoms with Crippen molar-refractivity contribution in [1.82, 2.24) is 4.72 Å². The van der Waals surface area contributed by atoms with Gasteiger partial charge in [-0.2, -0.15) is 0 Å². The summed E-state index contributed by atoms with van der Waals surface area (Å²) in [7, 11) is -3.69. The van der Waals surface area contributed by atoms with Gasteiger partial charge < -0.3 is 5.11 Å². The predicted molar refractivity (Wildman–Crippen MR) is 65.1 cm³/mol. The molecule has 0 heterocycles. The molecule has 1 aromatic carbocycles. The summed E-state index contributed by atoms with van der Waals surface area (Å²) < 4.78 is 39.3. The maximum absolute atomic E-state index is 12.9. The van der Waals surface area contributed by atoms with Crippen molar-refractivity contribution in [3.05, 3.63) is 29.6 Å². The summed E-state index contributed by atoms with van der Waals surface area (Å²) in [4.78, 5) is 0.0480. The second kappa shape index (κ2) is 4.60. The molecule has 2 rings (SSSR count). The van der Waals surface area contributed by atoms with E-state index in [0.29, 0.717) is 18.4 Å². The van der Waals surface area contributed by atoms with Crippen molar-refractivity contribution >= 4 is 10.0 Å². The summed E-state index contributed by atoms with van der Waals surface area (Å²) >= 11 is 0. The van der Waals surface area contributed by atoms with Crippen LogP contribution in [0, 0.1) is 12.7 Å². The Morgan fingerprint density at radius 3 is 2.61 bits per heavy atom. The number of nitrogens with one attached hydrogen (secondary N) is 1. The molecule has 0 aliphatic heterocycles. The maximum atomic E-state index is 12.9. The van der Waals surface area contributed by atoms with E-state index in [9.17, 15) is 17.9 Å². The molecule has 4 nitrogen and oxygen atoms in total. The molecular formula is C12H16FNO3S. The van der Waals surface area contributed by atoms with Crippen LogP contribution in [0.3, 0.4) is 0 Å². The van der Waals surface area contributed by atoms with E-state index in [-0.39, 0.29) is 11.4 Å². The van der Waals surface area contributed by atoms with E-state index in [1.54, 1.807) is 0 Å². The van der Waals surface area contributed by atoms with Gasteiger partial charge in [0.25, 0.3) is 0 Å². The van der Waals surface area contributed by atoms with Gasteiger partial charge in [0.05, 0.1) is 10.5 Å². The van der Waals surface area contributed by atoms with Crippen molar-refractivity contribution in [2.75, 3.05) is 6.54 Å². The van der Waals surface area contributed by atoms with E-state index in [4.69, 9.17) is 0 Å². The lowest BCUT2D eigenvalue weighted by Crippen LogP contribution is -2.47. The molecule has 0 spiro atoms. The standard InChI is InChI=1S/C12H16FNO3S/c1-9-7-10(13)3-4-11(9)18(16,17)14-8-12(15)5-2-6-12/h3-4,7,14-15H,2,5-6,8H2,1H3. The van der Waals surface area contributed by atoms with Gasteiger partial charge in [0.1, 0.15) is 5.82 Å². The Hall–Kier alpha value is -0.980. The first kappa shape index (κ1) is 13.5. The summed E-state index contributed by atoms with van der Waals surface area (Å²) in [5.74, 6) is -0.468. The summed E-state index contributed by atoms with van der Waals surface area (Å²) in [6, 6.07) is 3.52. The molecule has 2 N–H and O–H groups in total. The van der Waals surface area contributed by atoms with Crippen LogP contribution in [-0.4, -0.2) is 25.7 Å². The molecule has 0 amide bonds. The zero-order valence-corrected chi connectivity index (χ0v) is 10.9. The largest absolute Gasteiger partial charge is 0.389 e. The van der Waals surface area contributed by atoms with Gasteiger partial charge in [0.2, 0.25) is 10.0 Å². The van der Waals surface area contributed by atoms with Crippen molar-refractivity contribution in [2.24, 2.45) is 0 Å². The Labute approximate surface area is 106 Å². The first-order chi connectivity index (χ1) is 8.32. The Bertz CT molecular complexity index is 552. The number of sulfonamides is 1. The van der Waals surface area contributed by atoms with Crippen LogP contribution in [0.25, 0.3) is 0 Å². The molecule has 0 atom stereocenters. The van der Waals surface area contributed by atoms with Crippen molar-refractivity contribution in [1.29, 1.82) is 0 Å². The third-order valence-corrected chi connectivity index (χ3v) is 4.86. The highest BCUT2D eigenvalue weighted by Crippen LogP contribution is 2.31. The fraction of sp³-hybridized carbons (Fsp3) is 0.500. The van der Waals surface area contributed by atoms with Crippen molar-refractivity contribution < 1.29 is 17.9 Å². The topological polar surface area (TPSA) is 66.4 Å². The van der Waals surface area contributed by atoms with Gasteiger partial charge in [-0.15, -0.1) is 0 Å².